The predicted octanol–water partition coefficient (Wildman–Crippen LogP) is 2.70. The van der Waals surface area contributed by atoms with Crippen LogP contribution in [0.5, 0.6) is 11.5 Å². The zero-order valence-corrected chi connectivity index (χ0v) is 18.0. The third-order valence-corrected chi connectivity index (χ3v) is 4.75. The van der Waals surface area contributed by atoms with Gasteiger partial charge in [0.05, 0.1) is 26.2 Å². The average Bonchev–Trinajstić information content (AvgIpc) is 3.21. The lowest BCUT2D eigenvalue weighted by Gasteiger charge is -2.12. The van der Waals surface area contributed by atoms with Crippen LogP contribution in [0.4, 0.5) is 11.4 Å². The Morgan fingerprint density at radius 1 is 1.10 bits per heavy atom. The number of hydrogen-bond donors (Lipinski definition) is 2. The minimum absolute atomic E-state index is 0.121. The monoisotopic (exact) mass is 446 g/mol. The Kier molecular flexibility index (Phi) is 6.75. The number of anilines is 2. The molecule has 2 N–H and O–H groups in total. The van der Waals surface area contributed by atoms with E-state index in [9.17, 15) is 13.2 Å². The van der Waals surface area contributed by atoms with Crippen molar-refractivity contribution in [3.8, 4) is 22.9 Å². The summed E-state index contributed by atoms with van der Waals surface area (Å²) in [6.07, 6.45) is 1.43. The molecule has 2 aromatic carbocycles. The summed E-state index contributed by atoms with van der Waals surface area (Å²) >= 11 is 0. The number of nitrogens with one attached hydrogen (secondary N) is 2. The molecule has 0 aliphatic rings. The summed E-state index contributed by atoms with van der Waals surface area (Å²) in [4.78, 5) is 16.6. The Hall–Kier alpha value is -3.60. The fourth-order valence-electron chi connectivity index (χ4n) is 2.71. The molecule has 164 valence electrons. The first-order chi connectivity index (χ1) is 14.8. The number of methoxy groups -OCH3 is 2. The van der Waals surface area contributed by atoms with Gasteiger partial charge in [0.2, 0.25) is 27.6 Å². The van der Waals surface area contributed by atoms with Crippen LogP contribution in [0.15, 0.2) is 47.0 Å². The molecule has 0 saturated carbocycles. The molecule has 1 aromatic heterocycles. The lowest BCUT2D eigenvalue weighted by atomic mass is 10.2. The SMILES string of the molecule is COc1ccc(-c2noc(CCC(=O)Nc3ccc(NS(C)(=O)=O)c(OC)c3)n2)cc1. The Balaban J connectivity index is 1.58. The molecule has 0 aliphatic carbocycles. The Bertz CT molecular complexity index is 1160. The van der Waals surface area contributed by atoms with Gasteiger partial charge in [-0.05, 0) is 36.4 Å². The third kappa shape index (κ3) is 6.19. The van der Waals surface area contributed by atoms with Crippen LogP contribution in [0.1, 0.15) is 12.3 Å². The van der Waals surface area contributed by atoms with Crippen molar-refractivity contribution in [1.82, 2.24) is 10.1 Å². The van der Waals surface area contributed by atoms with E-state index >= 15 is 0 Å². The summed E-state index contributed by atoms with van der Waals surface area (Å²) < 4.78 is 40.7. The van der Waals surface area contributed by atoms with Crippen molar-refractivity contribution in [2.45, 2.75) is 12.8 Å². The van der Waals surface area contributed by atoms with Crippen LogP contribution in [0, 0.1) is 0 Å². The van der Waals surface area contributed by atoms with E-state index in [2.05, 4.69) is 20.2 Å². The fourth-order valence-corrected chi connectivity index (χ4v) is 3.28. The van der Waals surface area contributed by atoms with Crippen molar-refractivity contribution in [3.63, 3.8) is 0 Å². The van der Waals surface area contributed by atoms with Crippen LogP contribution < -0.4 is 19.5 Å². The topological polar surface area (TPSA) is 133 Å². The maximum atomic E-state index is 12.3. The van der Waals surface area contributed by atoms with Gasteiger partial charge in [-0.25, -0.2) is 8.42 Å². The lowest BCUT2D eigenvalue weighted by molar-refractivity contribution is -0.116. The van der Waals surface area contributed by atoms with E-state index < -0.39 is 10.0 Å². The Labute approximate surface area is 179 Å². The Morgan fingerprint density at radius 3 is 2.48 bits per heavy atom. The van der Waals surface area contributed by atoms with Gasteiger partial charge in [-0.1, -0.05) is 5.16 Å². The number of benzene rings is 2. The first kappa shape index (κ1) is 22.1. The summed E-state index contributed by atoms with van der Waals surface area (Å²) in [5.41, 5.74) is 1.51. The third-order valence-electron chi connectivity index (χ3n) is 4.16. The molecule has 10 nitrogen and oxygen atoms in total. The number of carbonyl (C=O) groups is 1. The molecule has 1 amide bonds. The molecule has 0 aliphatic heterocycles. The number of sulfonamides is 1. The summed E-state index contributed by atoms with van der Waals surface area (Å²) in [7, 11) is -0.460. The van der Waals surface area contributed by atoms with Gasteiger partial charge in [0.1, 0.15) is 11.5 Å². The highest BCUT2D eigenvalue weighted by Crippen LogP contribution is 2.28. The number of rotatable bonds is 9. The molecule has 3 rings (SSSR count). The van der Waals surface area contributed by atoms with E-state index in [4.69, 9.17) is 14.0 Å². The first-order valence-corrected chi connectivity index (χ1v) is 11.1. The largest absolute Gasteiger partial charge is 0.497 e. The van der Waals surface area contributed by atoms with Crippen LogP contribution in [0.2, 0.25) is 0 Å². The number of ether oxygens (including phenoxy) is 2. The van der Waals surface area contributed by atoms with Crippen LogP contribution in [-0.4, -0.2) is 44.9 Å². The molecule has 0 unspecified atom stereocenters. The van der Waals surface area contributed by atoms with E-state index in [-0.39, 0.29) is 30.2 Å². The highest BCUT2D eigenvalue weighted by molar-refractivity contribution is 7.92. The van der Waals surface area contributed by atoms with E-state index in [0.717, 1.165) is 17.6 Å². The highest BCUT2D eigenvalue weighted by Gasteiger charge is 2.13. The molecule has 0 fully saturated rings. The molecule has 0 spiro atoms. The first-order valence-electron chi connectivity index (χ1n) is 9.20. The molecule has 0 bridgehead atoms. The number of aryl methyl sites for hydroxylation is 1. The lowest BCUT2D eigenvalue weighted by Crippen LogP contribution is -2.13. The van der Waals surface area contributed by atoms with Gasteiger partial charge in [-0.2, -0.15) is 4.98 Å². The second-order valence-corrected chi connectivity index (χ2v) is 8.33. The van der Waals surface area contributed by atoms with Crippen molar-refractivity contribution in [3.05, 3.63) is 48.4 Å². The molecule has 11 heteroatoms. The molecule has 0 saturated heterocycles. The zero-order valence-electron chi connectivity index (χ0n) is 17.2. The second-order valence-electron chi connectivity index (χ2n) is 6.58. The standard InChI is InChI=1S/C20H22N4O6S/c1-28-15-7-4-13(5-8-15)20-22-19(30-23-20)11-10-18(25)21-14-6-9-16(17(12-14)29-2)24-31(3,26)27/h4-9,12,24H,10-11H2,1-3H3,(H,21,25). The smallest absolute Gasteiger partial charge is 0.229 e. The Morgan fingerprint density at radius 2 is 1.84 bits per heavy atom. The van der Waals surface area contributed by atoms with Gasteiger partial charge in [0, 0.05) is 30.2 Å². The molecule has 31 heavy (non-hydrogen) atoms. The minimum atomic E-state index is -3.45. The summed E-state index contributed by atoms with van der Waals surface area (Å²) in [6, 6.07) is 11.8. The van der Waals surface area contributed by atoms with Crippen LogP contribution in [0.3, 0.4) is 0 Å². The maximum absolute atomic E-state index is 12.3. The molecular formula is C20H22N4O6S. The van der Waals surface area contributed by atoms with Crippen LogP contribution in [0.25, 0.3) is 11.4 Å². The average molecular weight is 446 g/mol. The van der Waals surface area contributed by atoms with Gasteiger partial charge in [-0.15, -0.1) is 0 Å². The second kappa shape index (κ2) is 9.47. The number of amides is 1. The molecule has 0 atom stereocenters. The van der Waals surface area contributed by atoms with E-state index in [0.29, 0.717) is 17.4 Å². The maximum Gasteiger partial charge on any atom is 0.229 e. The molecule has 0 radical (unpaired) electrons. The minimum Gasteiger partial charge on any atom is -0.497 e. The van der Waals surface area contributed by atoms with Crippen molar-refractivity contribution in [2.24, 2.45) is 0 Å². The van der Waals surface area contributed by atoms with Gasteiger partial charge in [0.25, 0.3) is 0 Å². The van der Waals surface area contributed by atoms with Gasteiger partial charge in [-0.3, -0.25) is 9.52 Å². The summed E-state index contributed by atoms with van der Waals surface area (Å²) in [6.45, 7) is 0. The molecule has 1 heterocycles. The molecule has 3 aromatic rings. The van der Waals surface area contributed by atoms with Crippen molar-refractivity contribution < 1.29 is 27.2 Å². The van der Waals surface area contributed by atoms with E-state index in [1.54, 1.807) is 25.3 Å². The van der Waals surface area contributed by atoms with Gasteiger partial charge < -0.3 is 19.3 Å². The van der Waals surface area contributed by atoms with Crippen molar-refractivity contribution in [1.29, 1.82) is 0 Å². The van der Waals surface area contributed by atoms with Crippen LogP contribution in [-0.2, 0) is 21.2 Å². The number of nitrogens with zero attached hydrogens (tertiary/aromatic N) is 2. The zero-order chi connectivity index (χ0) is 22.4. The number of carbonyl (C=O) groups excluding carboxylic acids is 1. The van der Waals surface area contributed by atoms with Crippen molar-refractivity contribution >= 4 is 27.3 Å². The highest BCUT2D eigenvalue weighted by atomic mass is 32.2. The van der Waals surface area contributed by atoms with Gasteiger partial charge in [0.15, 0.2) is 0 Å². The fraction of sp³-hybridized carbons (Fsp3) is 0.250. The predicted molar refractivity (Wildman–Crippen MR) is 115 cm³/mol. The quantitative estimate of drug-likeness (QED) is 0.513. The summed E-state index contributed by atoms with van der Waals surface area (Å²) in [5, 5.41) is 6.66. The number of aromatic nitrogens is 2. The van der Waals surface area contributed by atoms with Crippen molar-refractivity contribution in [2.75, 3.05) is 30.5 Å². The normalized spacial score (nSPS) is 11.1. The van der Waals surface area contributed by atoms with E-state index in [1.807, 2.05) is 12.1 Å². The van der Waals surface area contributed by atoms with E-state index in [1.165, 1.54) is 19.2 Å². The van der Waals surface area contributed by atoms with Crippen LogP contribution >= 0.6 is 0 Å². The van der Waals surface area contributed by atoms with Gasteiger partial charge >= 0.3 is 0 Å². The number of hydrogen-bond acceptors (Lipinski definition) is 8. The summed E-state index contributed by atoms with van der Waals surface area (Å²) in [5.74, 6) is 1.50. The molecular weight excluding hydrogens is 424 g/mol.